The quantitative estimate of drug-likeness (QED) is 0.131. The lowest BCUT2D eigenvalue weighted by Gasteiger charge is -2.31. The summed E-state index contributed by atoms with van der Waals surface area (Å²) in [6.07, 6.45) is 1.85. The molecule has 5 aromatic carbocycles. The molecule has 0 atom stereocenters. The first-order valence-electron chi connectivity index (χ1n) is 19.7. The first-order chi connectivity index (χ1) is 27.9. The number of ether oxygens (including phenoxy) is 4. The number of benzene rings is 5. The van der Waals surface area contributed by atoms with Crippen LogP contribution in [0.2, 0.25) is 0 Å². The summed E-state index contributed by atoms with van der Waals surface area (Å²) >= 11 is 5.85. The van der Waals surface area contributed by atoms with E-state index in [9.17, 15) is 9.59 Å². The Kier molecular flexibility index (Phi) is 12.3. The molecule has 9 nitrogen and oxygen atoms in total. The molecule has 4 heterocycles. The fraction of sp³-hybridized carbons (Fsp3) is 0.319. The van der Waals surface area contributed by atoms with Gasteiger partial charge in [0.15, 0.2) is 12.6 Å². The summed E-state index contributed by atoms with van der Waals surface area (Å²) in [4.78, 5) is 31.4. The number of rotatable bonds is 10. The van der Waals surface area contributed by atoms with Gasteiger partial charge in [-0.3, -0.25) is 9.59 Å². The molecule has 0 aromatic heterocycles. The van der Waals surface area contributed by atoms with Gasteiger partial charge in [-0.1, -0.05) is 91.0 Å². The highest BCUT2D eigenvalue weighted by Gasteiger charge is 2.31. The topological polar surface area (TPSA) is 80.8 Å². The van der Waals surface area contributed by atoms with E-state index in [1.165, 1.54) is 16.8 Å². The van der Waals surface area contributed by atoms with E-state index in [-0.39, 0.29) is 24.4 Å². The van der Waals surface area contributed by atoms with Gasteiger partial charge in [0, 0.05) is 60.5 Å². The number of nitrogens with zero attached hydrogens (tertiary/aromatic N) is 3. The third-order valence-electron chi connectivity index (χ3n) is 11.0. The van der Waals surface area contributed by atoms with Crippen molar-refractivity contribution in [2.45, 2.75) is 63.8 Å². The number of alkyl halides is 1. The zero-order valence-electron chi connectivity index (χ0n) is 32.3. The lowest BCUT2D eigenvalue weighted by Crippen LogP contribution is -2.35. The van der Waals surface area contributed by atoms with Crippen molar-refractivity contribution in [2.75, 3.05) is 48.2 Å². The third-order valence-corrected chi connectivity index (χ3v) is 11.3. The maximum absolute atomic E-state index is 12.8. The molecule has 294 valence electrons. The van der Waals surface area contributed by atoms with Gasteiger partial charge >= 0.3 is 0 Å². The van der Waals surface area contributed by atoms with E-state index >= 15 is 0 Å². The summed E-state index contributed by atoms with van der Waals surface area (Å²) in [6.45, 7) is 4.42. The molecule has 4 aliphatic rings. The molecular weight excluding hydrogens is 738 g/mol. The minimum atomic E-state index is -0.319. The Hall–Kier alpha value is -5.03. The van der Waals surface area contributed by atoms with E-state index in [4.69, 9.17) is 30.5 Å². The SMILES string of the molecule is CN(Cc1ccc(CN2C(=O)CCc3c(C4OCCO4)cccc32)cc1)c1ccccc1.O=C1CCc2c(C3OCCO3)cccc2N1Cc1ccc(CCl)cc1. The fourth-order valence-corrected chi connectivity index (χ4v) is 8.18. The first kappa shape index (κ1) is 38.8. The summed E-state index contributed by atoms with van der Waals surface area (Å²) in [6, 6.07) is 39.1. The van der Waals surface area contributed by atoms with E-state index in [2.05, 4.69) is 66.5 Å². The predicted octanol–water partition coefficient (Wildman–Crippen LogP) is 8.80. The van der Waals surface area contributed by atoms with Crippen LogP contribution in [0.25, 0.3) is 0 Å². The molecule has 2 fully saturated rings. The van der Waals surface area contributed by atoms with Crippen molar-refractivity contribution in [1.29, 1.82) is 0 Å². The maximum atomic E-state index is 12.8. The van der Waals surface area contributed by atoms with Crippen molar-refractivity contribution >= 4 is 40.5 Å². The second-order valence-electron chi connectivity index (χ2n) is 14.8. The number of hydrogen-bond donors (Lipinski definition) is 0. The summed E-state index contributed by atoms with van der Waals surface area (Å²) in [5.74, 6) is 0.811. The molecule has 2 saturated heterocycles. The van der Waals surface area contributed by atoms with Gasteiger partial charge in [0.1, 0.15) is 0 Å². The molecule has 4 aliphatic heterocycles. The van der Waals surface area contributed by atoms with Crippen molar-refractivity contribution in [1.82, 2.24) is 0 Å². The lowest BCUT2D eigenvalue weighted by molar-refractivity contribution is -0.119. The number of halogens is 1. The van der Waals surface area contributed by atoms with Crippen LogP contribution >= 0.6 is 11.6 Å². The van der Waals surface area contributed by atoms with Gasteiger partial charge < -0.3 is 33.6 Å². The Labute approximate surface area is 339 Å². The Morgan fingerprint density at radius 2 is 0.982 bits per heavy atom. The molecule has 10 heteroatoms. The fourth-order valence-electron chi connectivity index (χ4n) is 8.00. The molecule has 2 amide bonds. The number of hydrogen-bond acceptors (Lipinski definition) is 7. The molecule has 9 rings (SSSR count). The van der Waals surface area contributed by atoms with Gasteiger partial charge in [0.25, 0.3) is 0 Å². The minimum absolute atomic E-state index is 0.152. The van der Waals surface area contributed by atoms with Crippen LogP contribution in [0.1, 0.15) is 69.9 Å². The van der Waals surface area contributed by atoms with Gasteiger partial charge in [0.05, 0.1) is 39.5 Å². The Morgan fingerprint density at radius 1 is 0.544 bits per heavy atom. The highest BCUT2D eigenvalue weighted by Crippen LogP contribution is 2.38. The standard InChI is InChI=1S/C27H28N2O3.C20H20ClNO3/c1-28(22-6-3-2-4-7-22)18-20-10-12-21(13-11-20)19-29-25-9-5-8-24(27-31-16-17-32-27)23(25)14-15-26(29)30;21-12-14-4-6-15(7-5-14)13-22-18-3-1-2-17(20-24-10-11-25-20)16(18)8-9-19(22)23/h2-13,27H,14-19H2,1H3;1-7,20H,8-13H2. The van der Waals surface area contributed by atoms with Crippen LogP contribution < -0.4 is 14.7 Å². The monoisotopic (exact) mass is 785 g/mol. The van der Waals surface area contributed by atoms with Gasteiger partial charge in [-0.05, 0) is 70.5 Å². The van der Waals surface area contributed by atoms with E-state index in [1.54, 1.807) is 0 Å². The van der Waals surface area contributed by atoms with Crippen LogP contribution in [0.4, 0.5) is 17.1 Å². The first-order valence-corrected chi connectivity index (χ1v) is 20.3. The van der Waals surface area contributed by atoms with E-state index in [0.29, 0.717) is 58.2 Å². The van der Waals surface area contributed by atoms with E-state index in [1.807, 2.05) is 70.5 Å². The van der Waals surface area contributed by atoms with Gasteiger partial charge in [-0.2, -0.15) is 0 Å². The number of anilines is 3. The van der Waals surface area contributed by atoms with Crippen LogP contribution in [-0.2, 0) is 66.9 Å². The van der Waals surface area contributed by atoms with E-state index in [0.717, 1.165) is 64.1 Å². The normalized spacial score (nSPS) is 16.9. The van der Waals surface area contributed by atoms with Crippen LogP contribution in [-0.4, -0.2) is 45.3 Å². The molecule has 57 heavy (non-hydrogen) atoms. The molecule has 0 aliphatic carbocycles. The number of amides is 2. The Balaban J connectivity index is 0.000000165. The molecule has 0 N–H and O–H groups in total. The van der Waals surface area contributed by atoms with Crippen molar-refractivity contribution in [3.8, 4) is 0 Å². The van der Waals surface area contributed by atoms with Crippen molar-refractivity contribution < 1.29 is 28.5 Å². The summed E-state index contributed by atoms with van der Waals surface area (Å²) < 4.78 is 22.8. The molecular formula is C47H48ClN3O6. The zero-order valence-corrected chi connectivity index (χ0v) is 33.0. The second kappa shape index (κ2) is 18.1. The molecule has 0 bridgehead atoms. The molecule has 0 radical (unpaired) electrons. The van der Waals surface area contributed by atoms with Gasteiger partial charge in [0.2, 0.25) is 11.8 Å². The number of fused-ring (bicyclic) bond motifs is 2. The smallest absolute Gasteiger partial charge is 0.227 e. The predicted molar refractivity (Wildman–Crippen MR) is 222 cm³/mol. The lowest BCUT2D eigenvalue weighted by atomic mass is 9.95. The third kappa shape index (κ3) is 8.93. The average molecular weight is 786 g/mol. The van der Waals surface area contributed by atoms with Crippen molar-refractivity contribution in [3.63, 3.8) is 0 Å². The van der Waals surface area contributed by atoms with Gasteiger partial charge in [-0.15, -0.1) is 11.6 Å². The second-order valence-corrected chi connectivity index (χ2v) is 15.0. The molecule has 5 aromatic rings. The summed E-state index contributed by atoms with van der Waals surface area (Å²) in [7, 11) is 2.10. The largest absolute Gasteiger partial charge is 0.370 e. The Bertz CT molecular complexity index is 2150. The average Bonchev–Trinajstić information content (AvgIpc) is 4.00. The number of para-hydroxylation sites is 1. The molecule has 0 unspecified atom stereocenters. The van der Waals surface area contributed by atoms with Gasteiger partial charge in [-0.25, -0.2) is 0 Å². The number of carbonyl (C=O) groups excluding carboxylic acids is 2. The minimum Gasteiger partial charge on any atom is -0.370 e. The zero-order chi connectivity index (χ0) is 39.1. The van der Waals surface area contributed by atoms with Crippen molar-refractivity contribution in [2.24, 2.45) is 0 Å². The summed E-state index contributed by atoms with van der Waals surface area (Å²) in [5, 5.41) is 0. The van der Waals surface area contributed by atoms with Crippen LogP contribution in [0.5, 0.6) is 0 Å². The number of carbonyl (C=O) groups is 2. The van der Waals surface area contributed by atoms with Crippen LogP contribution in [0.15, 0.2) is 115 Å². The highest BCUT2D eigenvalue weighted by atomic mass is 35.5. The summed E-state index contributed by atoms with van der Waals surface area (Å²) in [5.41, 5.74) is 12.1. The highest BCUT2D eigenvalue weighted by molar-refractivity contribution is 6.17. The molecule has 0 saturated carbocycles. The van der Waals surface area contributed by atoms with E-state index < -0.39 is 0 Å². The van der Waals surface area contributed by atoms with Crippen LogP contribution in [0, 0.1) is 0 Å². The Morgan fingerprint density at radius 3 is 1.44 bits per heavy atom. The van der Waals surface area contributed by atoms with Crippen molar-refractivity contribution in [3.05, 3.63) is 160 Å². The maximum Gasteiger partial charge on any atom is 0.227 e. The molecule has 0 spiro atoms. The van der Waals surface area contributed by atoms with Crippen LogP contribution in [0.3, 0.4) is 0 Å².